The van der Waals surface area contributed by atoms with Gasteiger partial charge in [-0.2, -0.15) is 35.7 Å². The van der Waals surface area contributed by atoms with Crippen LogP contribution >= 0.6 is 11.6 Å². The number of aliphatic imine (C=N–C) groups is 1. The number of nitrogens with one attached hydrogen (secondary N) is 7. The minimum Gasteiger partial charge on any atom is -0.507 e. The fourth-order valence-electron chi connectivity index (χ4n) is 14.9. The van der Waals surface area contributed by atoms with Crippen LogP contribution in [0.2, 0.25) is 5.02 Å². The van der Waals surface area contributed by atoms with Crippen molar-refractivity contribution in [1.82, 2.24) is 71.4 Å². The summed E-state index contributed by atoms with van der Waals surface area (Å²) in [7, 11) is 0. The van der Waals surface area contributed by atoms with Crippen LogP contribution < -0.4 is 0 Å². The van der Waals surface area contributed by atoms with Crippen LogP contribution in [0, 0.1) is 36.0 Å². The summed E-state index contributed by atoms with van der Waals surface area (Å²) >= 11 is 5.79. The van der Waals surface area contributed by atoms with Crippen LogP contribution in [0.5, 0.6) is 46.0 Å². The maximum absolute atomic E-state index is 13.9. The Morgan fingerprint density at radius 2 is 0.641 bits per heavy atom. The lowest BCUT2D eigenvalue weighted by Crippen LogP contribution is -1.94. The second-order valence-electron chi connectivity index (χ2n) is 31.9. The minimum absolute atomic E-state index is 0.0195. The van der Waals surface area contributed by atoms with E-state index in [9.17, 15) is 62.8 Å². The van der Waals surface area contributed by atoms with Crippen LogP contribution in [0.15, 0.2) is 398 Å². The molecule has 34 heteroatoms. The Bertz CT molecular complexity index is 8010. The standard InChI is InChI=1S/C17H14FNO.C15H11FN2O.C14H12N2O.C13H9ClN2O2.3C13H9FN2O2.C13H10N2O2/c1-11-6-7-15(18)14(8-11)12-9-16(19-10-12)13-4-2-3-5-17(13)20;16-12-7-3-1-5-10(12)13-9-14(18-17-13)11-6-2-4-8-15(11)19;17-14-8-4-3-7-11(14)13-9-12(15-16-13)10-5-1-2-6-10;14-8-3-4-9(12(17)6-8)10-7-11(16-15-10)13-2-1-5-18-13;14-9-4-1-3-8(13(9)17)10-7-11(16-15-10)12-5-2-6-18-12;14-8-3-4-12(17)9(6-8)10-7-11(16-15-10)13-2-1-5-18-13;14-8-3-4-9(12(17)6-8)10-7-11(16-15-10)13-2-1-5-18-13;16-12-5-2-1-4-9(12)10-8-11(15-14-10)13-6-3-7-17-13/h2-9,20H,10H2,1H3;1-9,19H,(H,17,18);1,3-9,17H,2H2,(H,15,16);4*1-7,17H,(H,15,16);1-8,16H,(H,14,15). The van der Waals surface area contributed by atoms with Gasteiger partial charge in [-0.05, 0) is 267 Å². The highest BCUT2D eigenvalue weighted by molar-refractivity contribution is 6.30. The molecule has 15 N–H and O–H groups in total. The maximum atomic E-state index is 13.9. The Hall–Kier alpha value is -19.7. The predicted octanol–water partition coefficient (Wildman–Crippen LogP) is 26.7. The van der Waals surface area contributed by atoms with Crippen LogP contribution in [0.3, 0.4) is 0 Å². The summed E-state index contributed by atoms with van der Waals surface area (Å²) in [6, 6.07) is 86.9. The monoisotopic (exact) mass is 1960 g/mol. The number of aromatic nitrogens is 14. The maximum Gasteiger partial charge on any atom is 0.165 e. The smallest absolute Gasteiger partial charge is 0.165 e. The van der Waals surface area contributed by atoms with Crippen molar-refractivity contribution in [3.63, 3.8) is 0 Å². The number of nitrogens with zero attached hydrogens (tertiary/aromatic N) is 8. The van der Waals surface area contributed by atoms with Crippen molar-refractivity contribution in [2.75, 3.05) is 6.54 Å². The largest absolute Gasteiger partial charge is 0.507 e. The third kappa shape index (κ3) is 23.8. The van der Waals surface area contributed by atoms with Crippen molar-refractivity contribution in [2.24, 2.45) is 4.99 Å². The molecule has 13 heterocycles. The van der Waals surface area contributed by atoms with Gasteiger partial charge >= 0.3 is 0 Å². The van der Waals surface area contributed by atoms with Crippen molar-refractivity contribution in [2.45, 2.75) is 13.3 Å². The van der Waals surface area contributed by atoms with E-state index in [0.29, 0.717) is 147 Å². The van der Waals surface area contributed by atoms with Crippen LogP contribution in [-0.2, 0) is 0 Å². The van der Waals surface area contributed by atoms with Gasteiger partial charge < -0.3 is 62.9 Å². The van der Waals surface area contributed by atoms with E-state index in [2.05, 4.69) is 94.6 Å². The molecule has 0 fully saturated rings. The Balaban J connectivity index is 0.000000114. The van der Waals surface area contributed by atoms with E-state index < -0.39 is 23.2 Å². The van der Waals surface area contributed by atoms with Gasteiger partial charge in [-0.25, -0.2) is 22.0 Å². The number of furan rings is 5. The summed E-state index contributed by atoms with van der Waals surface area (Å²) in [6.07, 6.45) is 17.0. The zero-order chi connectivity index (χ0) is 101. The van der Waals surface area contributed by atoms with E-state index in [0.717, 1.165) is 63.3 Å². The quantitative estimate of drug-likeness (QED) is 0.0400. The number of allylic oxidation sites excluding steroid dienone is 5. The molecule has 10 aromatic carbocycles. The van der Waals surface area contributed by atoms with E-state index in [1.165, 1.54) is 60.7 Å². The highest BCUT2D eigenvalue weighted by Crippen LogP contribution is 2.40. The molecule has 0 radical (unpaired) electrons. The van der Waals surface area contributed by atoms with Gasteiger partial charge in [0, 0.05) is 66.7 Å². The van der Waals surface area contributed by atoms with Gasteiger partial charge in [0.05, 0.1) is 94.8 Å². The van der Waals surface area contributed by atoms with Gasteiger partial charge in [0.25, 0.3) is 0 Å². The second-order valence-corrected chi connectivity index (χ2v) is 32.3. The van der Waals surface area contributed by atoms with E-state index in [1.807, 2.05) is 91.9 Å². The second kappa shape index (κ2) is 45.3. The summed E-state index contributed by atoms with van der Waals surface area (Å²) in [5.74, 6) is 1.53. The molecule has 28 nitrogen and oxygen atoms in total. The summed E-state index contributed by atoms with van der Waals surface area (Å²) in [5, 5.41) is 127. The lowest BCUT2D eigenvalue weighted by Gasteiger charge is -2.04. The van der Waals surface area contributed by atoms with Crippen molar-refractivity contribution in [1.29, 1.82) is 0 Å². The number of aromatic hydroxyl groups is 8. The highest BCUT2D eigenvalue weighted by atomic mass is 35.5. The van der Waals surface area contributed by atoms with Crippen molar-refractivity contribution in [3.05, 3.63) is 428 Å². The molecule has 0 spiro atoms. The van der Waals surface area contributed by atoms with E-state index in [4.69, 9.17) is 33.7 Å². The van der Waals surface area contributed by atoms with Gasteiger partial charge in [-0.1, -0.05) is 108 Å². The van der Waals surface area contributed by atoms with Gasteiger partial charge in [0.15, 0.2) is 40.4 Å². The van der Waals surface area contributed by atoms with Gasteiger partial charge in [-0.3, -0.25) is 40.7 Å². The number of phenolic OH excluding ortho intramolecular Hbond substituents is 8. The first-order chi connectivity index (χ1) is 70.6. The first kappa shape index (κ1) is 97.0. The van der Waals surface area contributed by atoms with Crippen LogP contribution in [0.25, 0.3) is 158 Å². The average molecular weight is 1970 g/mol. The molecule has 22 aromatic rings. The number of aryl methyl sites for hydroxylation is 1. The number of hydrogen-bond acceptors (Lipinski definition) is 21. The summed E-state index contributed by atoms with van der Waals surface area (Å²) < 4.78 is 93.0. The third-order valence-corrected chi connectivity index (χ3v) is 22.3. The van der Waals surface area contributed by atoms with Crippen molar-refractivity contribution in [3.8, 4) is 193 Å². The lowest BCUT2D eigenvalue weighted by molar-refractivity contribution is 0.434. The summed E-state index contributed by atoms with van der Waals surface area (Å²) in [6.45, 7) is 2.37. The number of hydrogen-bond donors (Lipinski definition) is 15. The third-order valence-electron chi connectivity index (χ3n) is 22.1. The fourth-order valence-corrected chi connectivity index (χ4v) is 15.1. The van der Waals surface area contributed by atoms with Gasteiger partial charge in [0.2, 0.25) is 0 Å². The summed E-state index contributed by atoms with van der Waals surface area (Å²) in [5.41, 5.74) is 18.5. The summed E-state index contributed by atoms with van der Waals surface area (Å²) in [4.78, 5) is 4.39. The van der Waals surface area contributed by atoms with Gasteiger partial charge in [-0.15, -0.1) is 0 Å². The molecule has 0 atom stereocenters. The molecule has 0 saturated carbocycles. The Morgan fingerprint density at radius 3 is 1.09 bits per heavy atom. The molecule has 12 aromatic heterocycles. The van der Waals surface area contributed by atoms with E-state index in [-0.39, 0.29) is 51.9 Å². The molecular formula is C111H83ClF5N15O13. The lowest BCUT2D eigenvalue weighted by atomic mass is 10.0. The number of halogens is 6. The number of benzene rings is 10. The first-order valence-electron chi connectivity index (χ1n) is 44.4. The van der Waals surface area contributed by atoms with E-state index in [1.54, 1.807) is 201 Å². The molecule has 1 aliphatic carbocycles. The minimum atomic E-state index is -0.671. The van der Waals surface area contributed by atoms with Crippen molar-refractivity contribution >= 4 is 28.5 Å². The molecule has 1 aliphatic heterocycles. The molecule has 0 amide bonds. The molecule has 0 unspecified atom stereocenters. The molecule has 0 bridgehead atoms. The van der Waals surface area contributed by atoms with E-state index >= 15 is 0 Å². The Labute approximate surface area is 825 Å². The zero-order valence-electron chi connectivity index (χ0n) is 76.1. The Morgan fingerprint density at radius 1 is 0.283 bits per heavy atom. The predicted molar refractivity (Wildman–Crippen MR) is 539 cm³/mol. The SMILES string of the molecule is Cc1ccc(F)c(C2=CC(c3ccccc3O)=NC2)c1.Oc1c(F)cccc1-c1cc(-c2ccco2)[nH]n1.Oc1cc(Cl)ccc1-c1cc(-c2ccco2)[nH]n1.Oc1cc(F)ccc1-c1cc(-c2ccco2)[nH]n1.Oc1ccc(F)cc1-c1cc(-c2ccco2)[nH]n1.Oc1ccccc1-c1cc(-c2ccccc2F)[nH]n1.Oc1ccccc1-c1cc(-c2ccco2)[nH]n1.Oc1ccccc1-c1cc(C2=CCC=C2)n[nH]1. The van der Waals surface area contributed by atoms with Crippen LogP contribution in [0.4, 0.5) is 22.0 Å². The normalized spacial score (nSPS) is 11.5. The molecule has 722 valence electrons. The molecule has 145 heavy (non-hydrogen) atoms. The average Bonchev–Trinajstić information content (AvgIpc) is 1.71. The molecule has 24 rings (SSSR count). The van der Waals surface area contributed by atoms with Crippen molar-refractivity contribution < 1.29 is 84.9 Å². The molecular weight excluding hydrogens is 1880 g/mol. The first-order valence-corrected chi connectivity index (χ1v) is 44.7. The highest BCUT2D eigenvalue weighted by Gasteiger charge is 2.22. The van der Waals surface area contributed by atoms with Crippen LogP contribution in [0.1, 0.15) is 28.8 Å². The van der Waals surface area contributed by atoms with Crippen LogP contribution in [-0.4, -0.2) is 124 Å². The number of phenols is 8. The zero-order valence-corrected chi connectivity index (χ0v) is 76.9. The number of rotatable bonds is 16. The fraction of sp³-hybridized carbons (Fsp3) is 0.0270. The number of para-hydroxylation sites is 5. The topological polar surface area (TPSA) is 441 Å². The van der Waals surface area contributed by atoms with Gasteiger partial charge in [0.1, 0.15) is 92.0 Å². The number of aromatic amines is 7. The number of H-pyrrole nitrogens is 7. The molecule has 2 aliphatic rings. The Kier molecular flexibility index (Phi) is 30.3. The molecule has 0 saturated heterocycles.